The number of rotatable bonds is 6. The molecule has 28 heavy (non-hydrogen) atoms. The number of benzene rings is 4. The summed E-state index contributed by atoms with van der Waals surface area (Å²) in [6.45, 7) is 0. The van der Waals surface area contributed by atoms with Gasteiger partial charge in [0.05, 0.1) is 0 Å². The first kappa shape index (κ1) is 19.3. The summed E-state index contributed by atoms with van der Waals surface area (Å²) in [6, 6.07) is 41.3. The van der Waals surface area contributed by atoms with Crippen molar-refractivity contribution in [3.05, 3.63) is 121 Å². The Morgan fingerprint density at radius 2 is 0.821 bits per heavy atom. The van der Waals surface area contributed by atoms with E-state index in [1.54, 1.807) is 0 Å². The molecule has 0 aliphatic rings. The normalized spacial score (nSPS) is 11.5. The summed E-state index contributed by atoms with van der Waals surface area (Å²) in [5.74, 6) is 1.000. The maximum atomic E-state index is 6.54. The summed E-state index contributed by atoms with van der Waals surface area (Å²) >= 11 is 6.54. The van der Waals surface area contributed by atoms with Crippen LogP contribution in [0.3, 0.4) is 0 Å². The molecular weight excluding hydrogens is 394 g/mol. The zero-order valence-corrected chi connectivity index (χ0v) is 18.2. The average Bonchev–Trinajstić information content (AvgIpc) is 2.80. The molecule has 0 amide bonds. The molecule has 0 aliphatic heterocycles. The van der Waals surface area contributed by atoms with E-state index in [2.05, 4.69) is 121 Å². The Labute approximate surface area is 174 Å². The molecule has 4 aromatic carbocycles. The van der Waals surface area contributed by atoms with Crippen LogP contribution >= 0.6 is 14.0 Å². The van der Waals surface area contributed by atoms with Crippen LogP contribution < -0.4 is 21.2 Å². The molecule has 0 radical (unpaired) electrons. The second-order valence-electron chi connectivity index (χ2n) is 6.65. The van der Waals surface area contributed by atoms with Gasteiger partial charge in [0.2, 0.25) is 0 Å². The molecule has 0 atom stereocenters. The van der Waals surface area contributed by atoms with Gasteiger partial charge < -0.3 is 0 Å². The van der Waals surface area contributed by atoms with Gasteiger partial charge in [-0.05, 0) is 29.1 Å². The van der Waals surface area contributed by atoms with Gasteiger partial charge in [0.1, 0.15) is 0 Å². The Hall–Kier alpha value is -2.04. The van der Waals surface area contributed by atoms with Crippen molar-refractivity contribution in [2.45, 2.75) is 0 Å². The van der Waals surface area contributed by atoms with E-state index in [0.29, 0.717) is 0 Å². The van der Waals surface area contributed by atoms with Gasteiger partial charge in [-0.2, -0.15) is 0 Å². The molecule has 4 aromatic rings. The van der Waals surface area contributed by atoms with Crippen molar-refractivity contribution in [1.82, 2.24) is 0 Å². The van der Waals surface area contributed by atoms with Gasteiger partial charge in [0.25, 0.3) is 0 Å². The van der Waals surface area contributed by atoms with Crippen LogP contribution in [-0.4, -0.2) is 5.90 Å². The molecule has 0 unspecified atom stereocenters. The highest BCUT2D eigenvalue weighted by Gasteiger charge is 2.28. The monoisotopic (exact) mass is 416 g/mol. The molecule has 0 nitrogen and oxygen atoms in total. The van der Waals surface area contributed by atoms with E-state index in [-0.39, 0.29) is 0 Å². The lowest BCUT2D eigenvalue weighted by Gasteiger charge is -2.29. The summed E-state index contributed by atoms with van der Waals surface area (Å²) in [7, 11) is -0.541. The topological polar surface area (TPSA) is 0 Å². The van der Waals surface area contributed by atoms with E-state index < -0.39 is 14.0 Å². The third kappa shape index (κ3) is 4.18. The molecular formula is C25H22P2S. The van der Waals surface area contributed by atoms with Gasteiger partial charge in [-0.25, -0.2) is 0 Å². The molecule has 0 aromatic heterocycles. The van der Waals surface area contributed by atoms with Crippen LogP contribution in [0, 0.1) is 0 Å². The molecule has 0 bridgehead atoms. The SMILES string of the molecule is S=P(CP(c1ccccc1)c1ccccc1)(c1ccccc1)c1ccccc1. The quantitative estimate of drug-likeness (QED) is 0.389. The Bertz CT molecular complexity index is 966. The predicted octanol–water partition coefficient (Wildman–Crippen LogP) is 5.21. The minimum Gasteiger partial charge on any atom is -0.0872 e. The van der Waals surface area contributed by atoms with E-state index in [4.69, 9.17) is 11.8 Å². The first-order valence-corrected chi connectivity index (χ1v) is 13.9. The van der Waals surface area contributed by atoms with Gasteiger partial charge in [0, 0.05) is 11.9 Å². The van der Waals surface area contributed by atoms with E-state index in [0.717, 1.165) is 5.90 Å². The fraction of sp³-hybridized carbons (Fsp3) is 0.0400. The summed E-state index contributed by atoms with van der Waals surface area (Å²) < 4.78 is 0. The minimum atomic E-state index is -1.95. The number of hydrogen-bond donors (Lipinski definition) is 0. The zero-order chi connectivity index (χ0) is 19.2. The Kier molecular flexibility index (Phi) is 6.18. The van der Waals surface area contributed by atoms with Gasteiger partial charge in [-0.3, -0.25) is 0 Å². The molecule has 0 heterocycles. The molecule has 0 N–H and O–H groups in total. The van der Waals surface area contributed by atoms with E-state index in [1.165, 1.54) is 21.2 Å². The summed E-state index contributed by atoms with van der Waals surface area (Å²) in [5.41, 5.74) is 0. The smallest absolute Gasteiger partial charge is 0.0152 e. The molecule has 4 rings (SSSR count). The highest BCUT2D eigenvalue weighted by Crippen LogP contribution is 2.54. The summed E-state index contributed by atoms with van der Waals surface area (Å²) in [4.78, 5) is 0. The van der Waals surface area contributed by atoms with Crippen LogP contribution in [0.2, 0.25) is 0 Å². The molecule has 138 valence electrons. The lowest BCUT2D eigenvalue weighted by atomic mass is 10.4. The molecule has 0 spiro atoms. The average molecular weight is 416 g/mol. The highest BCUT2D eigenvalue weighted by molar-refractivity contribution is 8.24. The lowest BCUT2D eigenvalue weighted by molar-refractivity contribution is 1.73. The molecule has 0 fully saturated rings. The van der Waals surface area contributed by atoms with Gasteiger partial charge >= 0.3 is 0 Å². The highest BCUT2D eigenvalue weighted by atomic mass is 32.4. The third-order valence-corrected chi connectivity index (χ3v) is 14.0. The van der Waals surface area contributed by atoms with Crippen LogP contribution in [0.25, 0.3) is 0 Å². The molecule has 0 saturated carbocycles. The van der Waals surface area contributed by atoms with Crippen LogP contribution in [0.15, 0.2) is 121 Å². The molecule has 0 aliphatic carbocycles. The van der Waals surface area contributed by atoms with Crippen LogP contribution in [-0.2, 0) is 11.8 Å². The zero-order valence-electron chi connectivity index (χ0n) is 15.6. The van der Waals surface area contributed by atoms with E-state index >= 15 is 0 Å². The summed E-state index contributed by atoms with van der Waals surface area (Å²) in [5, 5.41) is 5.39. The van der Waals surface area contributed by atoms with Crippen molar-refractivity contribution < 1.29 is 0 Å². The van der Waals surface area contributed by atoms with E-state index in [9.17, 15) is 0 Å². The molecule has 0 saturated heterocycles. The first-order valence-electron chi connectivity index (χ1n) is 9.35. The fourth-order valence-electron chi connectivity index (χ4n) is 3.38. The Balaban J connectivity index is 1.85. The van der Waals surface area contributed by atoms with Crippen LogP contribution in [0.1, 0.15) is 0 Å². The van der Waals surface area contributed by atoms with E-state index in [1.807, 2.05) is 0 Å². The van der Waals surface area contributed by atoms with Crippen molar-refractivity contribution in [2.24, 2.45) is 0 Å². The second-order valence-corrected chi connectivity index (χ2v) is 14.1. The van der Waals surface area contributed by atoms with Gasteiger partial charge in [-0.1, -0.05) is 133 Å². The minimum absolute atomic E-state index is 0.541. The van der Waals surface area contributed by atoms with Crippen molar-refractivity contribution in [2.75, 3.05) is 5.90 Å². The Morgan fingerprint density at radius 3 is 1.18 bits per heavy atom. The molecule has 3 heteroatoms. The first-order chi connectivity index (χ1) is 13.8. The summed E-state index contributed by atoms with van der Waals surface area (Å²) in [6.07, 6.45) is 0. The van der Waals surface area contributed by atoms with Crippen molar-refractivity contribution in [1.29, 1.82) is 0 Å². The van der Waals surface area contributed by atoms with Gasteiger partial charge in [-0.15, -0.1) is 0 Å². The van der Waals surface area contributed by atoms with Gasteiger partial charge in [0.15, 0.2) is 0 Å². The third-order valence-electron chi connectivity index (χ3n) is 4.82. The Morgan fingerprint density at radius 1 is 0.500 bits per heavy atom. The van der Waals surface area contributed by atoms with Crippen molar-refractivity contribution in [3.63, 3.8) is 0 Å². The maximum absolute atomic E-state index is 6.54. The van der Waals surface area contributed by atoms with Crippen LogP contribution in [0.5, 0.6) is 0 Å². The predicted molar refractivity (Wildman–Crippen MR) is 130 cm³/mol. The number of hydrogen-bond acceptors (Lipinski definition) is 1. The largest absolute Gasteiger partial charge is 0.0872 e. The van der Waals surface area contributed by atoms with Crippen molar-refractivity contribution in [3.8, 4) is 0 Å². The lowest BCUT2D eigenvalue weighted by Crippen LogP contribution is -2.22. The standard InChI is InChI=1S/C25H22P2S/c28-27(24-17-9-3-10-18-24,25-19-11-4-12-20-25)21-26(22-13-5-1-6-14-22)23-15-7-2-8-16-23/h1-20H,21H2. The maximum Gasteiger partial charge on any atom is 0.0152 e. The van der Waals surface area contributed by atoms with Crippen LogP contribution in [0.4, 0.5) is 0 Å². The fourth-order valence-corrected chi connectivity index (χ4v) is 12.3. The second kappa shape index (κ2) is 8.97. The van der Waals surface area contributed by atoms with Crippen molar-refractivity contribution >= 4 is 47.0 Å².